The Bertz CT molecular complexity index is 1330. The molecule has 0 aliphatic carbocycles. The monoisotopic (exact) mass is 469 g/mol. The van der Waals surface area contributed by atoms with Gasteiger partial charge in [0, 0.05) is 18.7 Å². The van der Waals surface area contributed by atoms with Crippen LogP contribution in [0.25, 0.3) is 5.65 Å². The van der Waals surface area contributed by atoms with Gasteiger partial charge in [-0.25, -0.2) is 9.50 Å². The van der Waals surface area contributed by atoms with Crippen molar-refractivity contribution in [2.75, 3.05) is 23.3 Å². The molecule has 1 fully saturated rings. The summed E-state index contributed by atoms with van der Waals surface area (Å²) in [6, 6.07) is 21.4. The summed E-state index contributed by atoms with van der Waals surface area (Å²) in [6.07, 6.45) is 3.00. The molecule has 0 atom stereocenters. The van der Waals surface area contributed by atoms with E-state index in [4.69, 9.17) is 5.10 Å². The van der Waals surface area contributed by atoms with Crippen LogP contribution in [0.1, 0.15) is 55.1 Å². The van der Waals surface area contributed by atoms with Crippen LogP contribution in [0.4, 0.5) is 11.6 Å². The van der Waals surface area contributed by atoms with Crippen LogP contribution in [0, 0.1) is 0 Å². The summed E-state index contributed by atoms with van der Waals surface area (Å²) in [6.45, 7) is 7.84. The highest BCUT2D eigenvalue weighted by Gasteiger charge is 2.34. The normalized spacial score (nSPS) is 15.8. The minimum absolute atomic E-state index is 0.0363. The molecule has 35 heavy (non-hydrogen) atoms. The number of hydrogen-bond donors (Lipinski definition) is 2. The van der Waals surface area contributed by atoms with E-state index in [0.717, 1.165) is 11.4 Å². The molecular weight excluding hydrogens is 438 g/mol. The van der Waals surface area contributed by atoms with Crippen molar-refractivity contribution in [1.82, 2.24) is 14.6 Å². The molecule has 3 heterocycles. The zero-order valence-electron chi connectivity index (χ0n) is 20.4. The molecule has 180 valence electrons. The van der Waals surface area contributed by atoms with E-state index in [9.17, 15) is 9.90 Å². The van der Waals surface area contributed by atoms with Crippen LogP contribution in [0.3, 0.4) is 0 Å². The second-order valence-corrected chi connectivity index (χ2v) is 10.3. The highest BCUT2D eigenvalue weighted by molar-refractivity contribution is 6.03. The van der Waals surface area contributed by atoms with Crippen molar-refractivity contribution in [2.45, 2.75) is 44.6 Å². The Hall–Kier alpha value is -3.71. The van der Waals surface area contributed by atoms with Gasteiger partial charge in [0.2, 0.25) is 0 Å². The van der Waals surface area contributed by atoms with E-state index in [1.807, 2.05) is 66.7 Å². The van der Waals surface area contributed by atoms with Crippen LogP contribution in [0.5, 0.6) is 0 Å². The van der Waals surface area contributed by atoms with Crippen molar-refractivity contribution >= 4 is 23.2 Å². The van der Waals surface area contributed by atoms with Crippen LogP contribution >= 0.6 is 0 Å². The number of carbonyl (C=O) groups is 1. The van der Waals surface area contributed by atoms with E-state index in [2.05, 4.69) is 36.0 Å². The van der Waals surface area contributed by atoms with E-state index in [0.29, 0.717) is 43.0 Å². The third kappa shape index (κ3) is 4.77. The molecule has 2 aromatic carbocycles. The summed E-state index contributed by atoms with van der Waals surface area (Å²) in [5.74, 6) is 1.07. The first kappa shape index (κ1) is 23.1. The number of aliphatic hydroxyl groups is 1. The standard InChI is InChI=1S/C28H31N5O2/c1-27(2,3)21-11-9-20(10-12-21)26(34)30-23-19-33-24(29-23)13-14-25(31-33)32-17-15-28(35,16-18-32)22-7-5-4-6-8-22/h4-14,19,35H,15-18H2,1-3H3,(H,30,34). The molecule has 1 saturated heterocycles. The number of anilines is 2. The van der Waals surface area contributed by atoms with Crippen molar-refractivity contribution in [2.24, 2.45) is 0 Å². The number of imidazole rings is 1. The molecule has 0 bridgehead atoms. The van der Waals surface area contributed by atoms with Gasteiger partial charge in [-0.05, 0) is 53.6 Å². The first-order valence-corrected chi connectivity index (χ1v) is 12.0. The number of rotatable bonds is 4. The maximum absolute atomic E-state index is 12.7. The molecule has 4 aromatic rings. The zero-order chi connectivity index (χ0) is 24.6. The summed E-state index contributed by atoms with van der Waals surface area (Å²) in [5.41, 5.74) is 2.62. The van der Waals surface area contributed by atoms with Gasteiger partial charge in [-0.3, -0.25) is 4.79 Å². The molecule has 0 spiro atoms. The van der Waals surface area contributed by atoms with E-state index < -0.39 is 5.60 Å². The van der Waals surface area contributed by atoms with Gasteiger partial charge in [0.15, 0.2) is 11.5 Å². The van der Waals surface area contributed by atoms with Gasteiger partial charge >= 0.3 is 0 Å². The lowest BCUT2D eigenvalue weighted by Crippen LogP contribution is -2.43. The molecule has 7 heteroatoms. The third-order valence-corrected chi connectivity index (χ3v) is 6.79. The average molecular weight is 470 g/mol. The second kappa shape index (κ2) is 8.82. The number of piperidine rings is 1. The summed E-state index contributed by atoms with van der Waals surface area (Å²) in [4.78, 5) is 19.4. The number of nitrogens with zero attached hydrogens (tertiary/aromatic N) is 4. The fourth-order valence-corrected chi connectivity index (χ4v) is 4.55. The Kier molecular flexibility index (Phi) is 5.81. The zero-order valence-corrected chi connectivity index (χ0v) is 20.4. The maximum atomic E-state index is 12.7. The molecule has 0 unspecified atom stereocenters. The first-order chi connectivity index (χ1) is 16.7. The van der Waals surface area contributed by atoms with E-state index in [1.54, 1.807) is 10.7 Å². The summed E-state index contributed by atoms with van der Waals surface area (Å²) < 4.78 is 1.69. The molecular formula is C28H31N5O2. The van der Waals surface area contributed by atoms with Crippen LogP contribution in [-0.2, 0) is 11.0 Å². The van der Waals surface area contributed by atoms with Crippen molar-refractivity contribution in [3.63, 3.8) is 0 Å². The van der Waals surface area contributed by atoms with Gasteiger partial charge in [0.05, 0.1) is 11.8 Å². The lowest BCUT2D eigenvalue weighted by molar-refractivity contribution is 0.0116. The van der Waals surface area contributed by atoms with Crippen molar-refractivity contribution < 1.29 is 9.90 Å². The van der Waals surface area contributed by atoms with Crippen LogP contribution in [0.2, 0.25) is 0 Å². The smallest absolute Gasteiger partial charge is 0.256 e. The largest absolute Gasteiger partial charge is 0.385 e. The van der Waals surface area contributed by atoms with Crippen molar-refractivity contribution in [3.8, 4) is 0 Å². The van der Waals surface area contributed by atoms with E-state index in [-0.39, 0.29) is 11.3 Å². The first-order valence-electron chi connectivity index (χ1n) is 12.0. The van der Waals surface area contributed by atoms with Gasteiger partial charge < -0.3 is 15.3 Å². The fraction of sp³-hybridized carbons (Fsp3) is 0.321. The fourth-order valence-electron chi connectivity index (χ4n) is 4.55. The van der Waals surface area contributed by atoms with Gasteiger partial charge in [-0.1, -0.05) is 63.2 Å². The van der Waals surface area contributed by atoms with Gasteiger partial charge in [0.25, 0.3) is 5.91 Å². The number of aromatic nitrogens is 3. The highest BCUT2D eigenvalue weighted by Crippen LogP contribution is 2.34. The SMILES string of the molecule is CC(C)(C)c1ccc(C(=O)Nc2cn3nc(N4CCC(O)(c5ccccc5)CC4)ccc3n2)cc1. The van der Waals surface area contributed by atoms with Crippen molar-refractivity contribution in [3.05, 3.63) is 89.6 Å². The summed E-state index contributed by atoms with van der Waals surface area (Å²) in [7, 11) is 0. The van der Waals surface area contributed by atoms with E-state index in [1.165, 1.54) is 5.56 Å². The lowest BCUT2D eigenvalue weighted by Gasteiger charge is -2.39. The number of carbonyl (C=O) groups excluding carboxylic acids is 1. The number of amides is 1. The Balaban J connectivity index is 1.27. The molecule has 7 nitrogen and oxygen atoms in total. The highest BCUT2D eigenvalue weighted by atomic mass is 16.3. The molecule has 2 aromatic heterocycles. The number of hydrogen-bond acceptors (Lipinski definition) is 5. The van der Waals surface area contributed by atoms with Gasteiger partial charge in [0.1, 0.15) is 5.82 Å². The predicted octanol–water partition coefficient (Wildman–Crippen LogP) is 4.77. The van der Waals surface area contributed by atoms with Gasteiger partial charge in [-0.2, -0.15) is 0 Å². The Morgan fingerprint density at radius 2 is 1.66 bits per heavy atom. The molecule has 0 saturated carbocycles. The minimum Gasteiger partial charge on any atom is -0.385 e. The second-order valence-electron chi connectivity index (χ2n) is 10.3. The minimum atomic E-state index is -0.806. The Morgan fingerprint density at radius 1 is 0.971 bits per heavy atom. The quantitative estimate of drug-likeness (QED) is 0.450. The molecule has 5 rings (SSSR count). The number of nitrogens with one attached hydrogen (secondary N) is 1. The molecule has 1 amide bonds. The average Bonchev–Trinajstić information content (AvgIpc) is 3.26. The van der Waals surface area contributed by atoms with Crippen LogP contribution in [0.15, 0.2) is 72.9 Å². The molecule has 2 N–H and O–H groups in total. The lowest BCUT2D eigenvalue weighted by atomic mass is 9.84. The number of benzene rings is 2. The summed E-state index contributed by atoms with van der Waals surface area (Å²) in [5, 5.41) is 18.7. The molecule has 1 aliphatic heterocycles. The Labute approximate surface area is 205 Å². The topological polar surface area (TPSA) is 82.8 Å². The molecule has 1 aliphatic rings. The van der Waals surface area contributed by atoms with Crippen LogP contribution in [-0.4, -0.2) is 38.7 Å². The van der Waals surface area contributed by atoms with Crippen LogP contribution < -0.4 is 10.2 Å². The maximum Gasteiger partial charge on any atom is 0.256 e. The summed E-state index contributed by atoms with van der Waals surface area (Å²) >= 11 is 0. The number of fused-ring (bicyclic) bond motifs is 1. The predicted molar refractivity (Wildman–Crippen MR) is 138 cm³/mol. The van der Waals surface area contributed by atoms with E-state index >= 15 is 0 Å². The molecule has 0 radical (unpaired) electrons. The third-order valence-electron chi connectivity index (χ3n) is 6.79. The Morgan fingerprint density at radius 3 is 2.31 bits per heavy atom. The van der Waals surface area contributed by atoms with Crippen molar-refractivity contribution in [1.29, 1.82) is 0 Å². The van der Waals surface area contributed by atoms with Gasteiger partial charge in [-0.15, -0.1) is 5.10 Å².